The van der Waals surface area contributed by atoms with Gasteiger partial charge in [0.15, 0.2) is 0 Å². The number of benzene rings is 1. The smallest absolute Gasteiger partial charge is 0.328 e. The van der Waals surface area contributed by atoms with Crippen molar-refractivity contribution >= 4 is 11.0 Å². The van der Waals surface area contributed by atoms with Crippen LogP contribution in [-0.4, -0.2) is 22.3 Å². The third-order valence-corrected chi connectivity index (χ3v) is 3.98. The fourth-order valence-corrected chi connectivity index (χ4v) is 2.95. The van der Waals surface area contributed by atoms with Crippen molar-refractivity contribution in [2.75, 3.05) is 13.2 Å². The average molecular weight is 246 g/mol. The maximum absolute atomic E-state index is 12.0. The van der Waals surface area contributed by atoms with E-state index in [-0.39, 0.29) is 5.69 Å². The van der Waals surface area contributed by atoms with Crippen LogP contribution in [0.15, 0.2) is 23.0 Å². The number of imidazole rings is 1. The summed E-state index contributed by atoms with van der Waals surface area (Å²) in [6.07, 6.45) is 2.09. The molecule has 0 N–H and O–H groups in total. The minimum Gasteiger partial charge on any atom is -0.381 e. The fourth-order valence-electron chi connectivity index (χ4n) is 2.95. The molecule has 18 heavy (non-hydrogen) atoms. The van der Waals surface area contributed by atoms with Gasteiger partial charge in [-0.1, -0.05) is 12.1 Å². The van der Waals surface area contributed by atoms with E-state index in [0.717, 1.165) is 37.1 Å². The maximum atomic E-state index is 12.0. The van der Waals surface area contributed by atoms with Crippen molar-refractivity contribution in [2.24, 2.45) is 14.1 Å². The summed E-state index contributed by atoms with van der Waals surface area (Å²) in [4.78, 5) is 12.0. The molecule has 1 aromatic carbocycles. The SMILES string of the molecule is Cn1c(=O)n(C)c2c(C3CCOCC3)cccc21. The molecule has 4 heteroatoms. The van der Waals surface area contributed by atoms with Gasteiger partial charge in [-0.2, -0.15) is 0 Å². The van der Waals surface area contributed by atoms with Gasteiger partial charge >= 0.3 is 5.69 Å². The fraction of sp³-hybridized carbons (Fsp3) is 0.500. The molecule has 0 atom stereocenters. The molecular formula is C14H18N2O2. The van der Waals surface area contributed by atoms with Crippen molar-refractivity contribution in [1.29, 1.82) is 0 Å². The molecule has 1 fully saturated rings. The second-order valence-corrected chi connectivity index (χ2v) is 5.00. The molecular weight excluding hydrogens is 228 g/mol. The Kier molecular flexibility index (Phi) is 2.74. The molecule has 1 aliphatic rings. The van der Waals surface area contributed by atoms with Gasteiger partial charge in [-0.15, -0.1) is 0 Å². The second-order valence-electron chi connectivity index (χ2n) is 5.00. The van der Waals surface area contributed by atoms with Gasteiger partial charge in [0.25, 0.3) is 0 Å². The maximum Gasteiger partial charge on any atom is 0.328 e. The van der Waals surface area contributed by atoms with Gasteiger partial charge in [0.1, 0.15) is 0 Å². The van der Waals surface area contributed by atoms with E-state index >= 15 is 0 Å². The lowest BCUT2D eigenvalue weighted by Gasteiger charge is -2.23. The molecule has 0 bridgehead atoms. The number of fused-ring (bicyclic) bond motifs is 1. The number of aryl methyl sites for hydroxylation is 2. The quantitative estimate of drug-likeness (QED) is 0.769. The first-order valence-electron chi connectivity index (χ1n) is 6.42. The molecule has 0 unspecified atom stereocenters. The molecule has 0 spiro atoms. The number of para-hydroxylation sites is 1. The van der Waals surface area contributed by atoms with Crippen LogP contribution in [0, 0.1) is 0 Å². The van der Waals surface area contributed by atoms with Crippen molar-refractivity contribution < 1.29 is 4.74 Å². The Morgan fingerprint density at radius 1 is 1.17 bits per heavy atom. The molecule has 0 amide bonds. The monoisotopic (exact) mass is 246 g/mol. The molecule has 0 aliphatic carbocycles. The van der Waals surface area contributed by atoms with Crippen molar-refractivity contribution in [3.63, 3.8) is 0 Å². The lowest BCUT2D eigenvalue weighted by molar-refractivity contribution is 0.0855. The van der Waals surface area contributed by atoms with Gasteiger partial charge < -0.3 is 4.74 Å². The number of nitrogens with zero attached hydrogens (tertiary/aromatic N) is 2. The van der Waals surface area contributed by atoms with E-state index in [4.69, 9.17) is 4.74 Å². The molecule has 96 valence electrons. The number of hydrogen-bond acceptors (Lipinski definition) is 2. The Hall–Kier alpha value is -1.55. The molecule has 2 aromatic rings. The van der Waals surface area contributed by atoms with Gasteiger partial charge in [-0.05, 0) is 30.4 Å². The van der Waals surface area contributed by atoms with E-state index in [1.54, 1.807) is 9.13 Å². The number of aromatic nitrogens is 2. The van der Waals surface area contributed by atoms with E-state index < -0.39 is 0 Å². The Labute approximate surface area is 106 Å². The molecule has 1 saturated heterocycles. The normalized spacial score (nSPS) is 17.4. The molecule has 0 radical (unpaired) electrons. The van der Waals surface area contributed by atoms with Crippen LogP contribution in [0.1, 0.15) is 24.3 Å². The van der Waals surface area contributed by atoms with E-state index in [2.05, 4.69) is 6.07 Å². The predicted octanol–water partition coefficient (Wildman–Crippen LogP) is 1.77. The summed E-state index contributed by atoms with van der Waals surface area (Å²) < 4.78 is 8.90. The minimum atomic E-state index is 0.0458. The zero-order valence-corrected chi connectivity index (χ0v) is 10.8. The molecule has 1 aliphatic heterocycles. The molecule has 4 nitrogen and oxygen atoms in total. The molecule has 2 heterocycles. The number of ether oxygens (including phenoxy) is 1. The molecule has 3 rings (SSSR count). The Morgan fingerprint density at radius 3 is 2.61 bits per heavy atom. The lowest BCUT2D eigenvalue weighted by atomic mass is 9.91. The standard InChI is InChI=1S/C14H18N2O2/c1-15-12-5-3-4-11(10-6-8-18-9-7-10)13(12)16(2)14(15)17/h3-5,10H,6-9H2,1-2H3. The van der Waals surface area contributed by atoms with E-state index in [0.29, 0.717) is 5.92 Å². The highest BCUT2D eigenvalue weighted by atomic mass is 16.5. The van der Waals surface area contributed by atoms with Crippen molar-refractivity contribution in [3.8, 4) is 0 Å². The summed E-state index contributed by atoms with van der Waals surface area (Å²) in [6.45, 7) is 1.64. The van der Waals surface area contributed by atoms with Crippen LogP contribution in [0.25, 0.3) is 11.0 Å². The van der Waals surface area contributed by atoms with Gasteiger partial charge in [-0.25, -0.2) is 4.79 Å². The summed E-state index contributed by atoms with van der Waals surface area (Å²) in [5.74, 6) is 0.510. The highest BCUT2D eigenvalue weighted by molar-refractivity contribution is 5.80. The van der Waals surface area contributed by atoms with Gasteiger partial charge in [-0.3, -0.25) is 9.13 Å². The van der Waals surface area contributed by atoms with Crippen LogP contribution < -0.4 is 5.69 Å². The van der Waals surface area contributed by atoms with Crippen LogP contribution in [0.4, 0.5) is 0 Å². The van der Waals surface area contributed by atoms with Crippen molar-refractivity contribution in [3.05, 3.63) is 34.2 Å². The topological polar surface area (TPSA) is 36.2 Å². The first kappa shape index (κ1) is 11.5. The zero-order valence-electron chi connectivity index (χ0n) is 10.8. The predicted molar refractivity (Wildman–Crippen MR) is 71.0 cm³/mol. The third kappa shape index (κ3) is 1.60. The Balaban J connectivity index is 2.23. The minimum absolute atomic E-state index is 0.0458. The third-order valence-electron chi connectivity index (χ3n) is 3.98. The van der Waals surface area contributed by atoms with Gasteiger partial charge in [0.2, 0.25) is 0 Å². The van der Waals surface area contributed by atoms with Crippen LogP contribution in [0.2, 0.25) is 0 Å². The highest BCUT2D eigenvalue weighted by Gasteiger charge is 2.20. The first-order valence-corrected chi connectivity index (χ1v) is 6.42. The highest BCUT2D eigenvalue weighted by Crippen LogP contribution is 2.31. The summed E-state index contributed by atoms with van der Waals surface area (Å²) in [5.41, 5.74) is 3.43. The summed E-state index contributed by atoms with van der Waals surface area (Å²) in [6, 6.07) is 6.21. The van der Waals surface area contributed by atoms with Crippen LogP contribution in [0.3, 0.4) is 0 Å². The van der Waals surface area contributed by atoms with E-state index in [1.807, 2.05) is 26.2 Å². The van der Waals surface area contributed by atoms with Gasteiger partial charge in [0, 0.05) is 27.3 Å². The Morgan fingerprint density at radius 2 is 1.89 bits per heavy atom. The summed E-state index contributed by atoms with van der Waals surface area (Å²) in [7, 11) is 3.69. The van der Waals surface area contributed by atoms with Crippen LogP contribution >= 0.6 is 0 Å². The molecule has 1 aromatic heterocycles. The summed E-state index contributed by atoms with van der Waals surface area (Å²) in [5, 5.41) is 0. The van der Waals surface area contributed by atoms with E-state index in [9.17, 15) is 4.79 Å². The lowest BCUT2D eigenvalue weighted by Crippen LogP contribution is -2.20. The largest absolute Gasteiger partial charge is 0.381 e. The number of rotatable bonds is 1. The number of hydrogen-bond donors (Lipinski definition) is 0. The van der Waals surface area contributed by atoms with E-state index in [1.165, 1.54) is 5.56 Å². The van der Waals surface area contributed by atoms with Crippen LogP contribution in [0.5, 0.6) is 0 Å². The van der Waals surface area contributed by atoms with Crippen LogP contribution in [-0.2, 0) is 18.8 Å². The van der Waals surface area contributed by atoms with Gasteiger partial charge in [0.05, 0.1) is 11.0 Å². The Bertz CT molecular complexity index is 633. The summed E-state index contributed by atoms with van der Waals surface area (Å²) >= 11 is 0. The van der Waals surface area contributed by atoms with Crippen molar-refractivity contribution in [2.45, 2.75) is 18.8 Å². The second kappa shape index (κ2) is 4.28. The average Bonchev–Trinajstić information content (AvgIpc) is 2.65. The molecule has 0 saturated carbocycles. The first-order chi connectivity index (χ1) is 8.70. The van der Waals surface area contributed by atoms with Crippen molar-refractivity contribution in [1.82, 2.24) is 9.13 Å². The zero-order chi connectivity index (χ0) is 12.7.